The molecule has 1 aliphatic heterocycles. The predicted octanol–water partition coefficient (Wildman–Crippen LogP) is 1.60. The molecule has 1 aliphatic rings. The molecule has 0 aromatic carbocycles. The fraction of sp³-hybridized carbons (Fsp3) is 0.625. The topological polar surface area (TPSA) is 15.6 Å². The minimum atomic E-state index is 0.913. The van der Waals surface area contributed by atoms with Crippen molar-refractivity contribution in [3.8, 4) is 0 Å². The molecule has 0 saturated carbocycles. The Morgan fingerprint density at radius 3 is 3.27 bits per heavy atom. The predicted molar refractivity (Wildman–Crippen MR) is 52.2 cm³/mol. The summed E-state index contributed by atoms with van der Waals surface area (Å²) >= 11 is 1.65. The second-order valence-electron chi connectivity index (χ2n) is 2.72. The van der Waals surface area contributed by atoms with E-state index in [1.165, 1.54) is 4.91 Å². The zero-order chi connectivity index (χ0) is 8.10. The van der Waals surface area contributed by atoms with Gasteiger partial charge in [0.05, 0.1) is 12.1 Å². The number of aliphatic imine (C=N–C) groups is 1. The quantitative estimate of drug-likeness (QED) is 0.549. The maximum Gasteiger partial charge on any atom is 0.0586 e. The van der Waals surface area contributed by atoms with Crippen LogP contribution in [0.4, 0.5) is 0 Å². The molecule has 3 heteroatoms. The fourth-order valence-corrected chi connectivity index (χ4v) is 1.42. The number of likely N-dealkylation sites (N-methyl/N-ethyl adjacent to an activating group) is 1. The third-order valence-corrected chi connectivity index (χ3v) is 2.47. The van der Waals surface area contributed by atoms with Gasteiger partial charge < -0.3 is 4.90 Å². The lowest BCUT2D eigenvalue weighted by Crippen LogP contribution is -2.22. The highest BCUT2D eigenvalue weighted by Gasteiger charge is 2.01. The van der Waals surface area contributed by atoms with Crippen molar-refractivity contribution in [2.45, 2.75) is 6.42 Å². The Kier molecular flexibility index (Phi) is 3.66. The third-order valence-electron chi connectivity index (χ3n) is 1.68. The molecule has 0 amide bonds. The van der Waals surface area contributed by atoms with E-state index >= 15 is 0 Å². The van der Waals surface area contributed by atoms with Crippen molar-refractivity contribution in [2.75, 3.05) is 26.7 Å². The fourth-order valence-electron chi connectivity index (χ4n) is 0.879. The monoisotopic (exact) mass is 170 g/mol. The molecule has 0 radical (unpaired) electrons. The summed E-state index contributed by atoms with van der Waals surface area (Å²) in [5, 5.41) is 0. The zero-order valence-corrected chi connectivity index (χ0v) is 7.73. The summed E-state index contributed by atoms with van der Waals surface area (Å²) in [4.78, 5) is 7.72. The molecular formula is C8H14N2S. The molecule has 0 fully saturated rings. The van der Waals surface area contributed by atoms with Crippen LogP contribution < -0.4 is 0 Å². The Bertz CT molecular complexity index is 165. The van der Waals surface area contributed by atoms with Gasteiger partial charge in [0.25, 0.3) is 0 Å². The number of thioether (sulfide) groups is 1. The van der Waals surface area contributed by atoms with Gasteiger partial charge in [0.15, 0.2) is 0 Å². The first-order valence-corrected chi connectivity index (χ1v) is 4.68. The number of rotatable bonds is 0. The van der Waals surface area contributed by atoms with E-state index in [0.29, 0.717) is 0 Å². The van der Waals surface area contributed by atoms with Gasteiger partial charge in [-0.15, -0.1) is 0 Å². The van der Waals surface area contributed by atoms with Crippen molar-refractivity contribution in [1.29, 1.82) is 0 Å². The van der Waals surface area contributed by atoms with Crippen LogP contribution in [0.15, 0.2) is 16.5 Å². The molecule has 0 N–H and O–H groups in total. The lowest BCUT2D eigenvalue weighted by Gasteiger charge is -2.13. The Balaban J connectivity index is 2.42. The van der Waals surface area contributed by atoms with E-state index in [9.17, 15) is 0 Å². The highest BCUT2D eigenvalue weighted by molar-refractivity contribution is 8.15. The molecule has 1 heterocycles. The molecule has 0 aromatic heterocycles. The summed E-state index contributed by atoms with van der Waals surface area (Å²) in [6.45, 7) is 7.02. The number of nitrogens with zero attached hydrogens (tertiary/aromatic N) is 2. The normalized spacial score (nSPS) is 25.4. The van der Waals surface area contributed by atoms with Crippen LogP contribution in [0.1, 0.15) is 6.42 Å². The molecule has 0 aromatic rings. The molecule has 0 aliphatic carbocycles. The molecule has 0 saturated heterocycles. The first-order chi connectivity index (χ1) is 5.29. The van der Waals surface area contributed by atoms with E-state index in [0.717, 1.165) is 26.1 Å². The van der Waals surface area contributed by atoms with Gasteiger partial charge in [0.2, 0.25) is 0 Å². The van der Waals surface area contributed by atoms with Gasteiger partial charge >= 0.3 is 0 Å². The SMILES string of the molecule is C=C1CCN(C)CC/N=C\S1. The Hall–Kier alpha value is -0.280. The molecule has 11 heavy (non-hydrogen) atoms. The Morgan fingerprint density at radius 1 is 1.64 bits per heavy atom. The average molecular weight is 170 g/mol. The lowest BCUT2D eigenvalue weighted by atomic mass is 10.4. The van der Waals surface area contributed by atoms with Crippen LogP contribution in [0.3, 0.4) is 0 Å². The van der Waals surface area contributed by atoms with Crippen LogP contribution in [0.25, 0.3) is 0 Å². The van der Waals surface area contributed by atoms with Gasteiger partial charge in [-0.05, 0) is 18.4 Å². The first kappa shape index (κ1) is 8.81. The number of hydrogen-bond donors (Lipinski definition) is 0. The molecule has 0 unspecified atom stereocenters. The zero-order valence-electron chi connectivity index (χ0n) is 6.92. The van der Waals surface area contributed by atoms with Crippen LogP contribution in [-0.2, 0) is 0 Å². The van der Waals surface area contributed by atoms with Crippen LogP contribution in [0, 0.1) is 0 Å². The maximum atomic E-state index is 4.23. The molecular weight excluding hydrogens is 156 g/mol. The minimum Gasteiger partial charge on any atom is -0.304 e. The summed E-state index contributed by atoms with van der Waals surface area (Å²) in [5.41, 5.74) is 1.90. The van der Waals surface area contributed by atoms with E-state index in [1.807, 2.05) is 5.55 Å². The Labute approximate surface area is 72.4 Å². The summed E-state index contributed by atoms with van der Waals surface area (Å²) in [5.74, 6) is 0. The standard InChI is InChI=1S/C8H14N2S/c1-8-3-5-10(2)6-4-9-7-11-8/h7H,1,3-6H2,2H3/b9-7-. The van der Waals surface area contributed by atoms with Crippen molar-refractivity contribution in [1.82, 2.24) is 4.90 Å². The molecule has 2 nitrogen and oxygen atoms in total. The van der Waals surface area contributed by atoms with E-state index in [4.69, 9.17) is 0 Å². The highest BCUT2D eigenvalue weighted by Crippen LogP contribution is 2.15. The third kappa shape index (κ3) is 3.58. The maximum absolute atomic E-state index is 4.23. The average Bonchev–Trinajstić information content (AvgIpc) is 2.06. The summed E-state index contributed by atoms with van der Waals surface area (Å²) in [7, 11) is 2.12. The van der Waals surface area contributed by atoms with Crippen molar-refractivity contribution in [3.05, 3.63) is 11.5 Å². The van der Waals surface area contributed by atoms with Crippen LogP contribution in [-0.4, -0.2) is 37.1 Å². The molecule has 0 spiro atoms. The molecule has 1 rings (SSSR count). The summed E-state index contributed by atoms with van der Waals surface area (Å²) in [6, 6.07) is 0. The van der Waals surface area contributed by atoms with Crippen LogP contribution >= 0.6 is 11.8 Å². The largest absolute Gasteiger partial charge is 0.304 e. The lowest BCUT2D eigenvalue weighted by molar-refractivity contribution is 0.351. The minimum absolute atomic E-state index is 0.913. The van der Waals surface area contributed by atoms with Crippen LogP contribution in [0.5, 0.6) is 0 Å². The second-order valence-corrected chi connectivity index (χ2v) is 3.75. The van der Waals surface area contributed by atoms with E-state index in [2.05, 4.69) is 23.5 Å². The summed E-state index contributed by atoms with van der Waals surface area (Å²) in [6.07, 6.45) is 1.08. The van der Waals surface area contributed by atoms with E-state index in [-0.39, 0.29) is 0 Å². The summed E-state index contributed by atoms with van der Waals surface area (Å²) < 4.78 is 0. The molecule has 0 bridgehead atoms. The second kappa shape index (κ2) is 4.57. The first-order valence-electron chi connectivity index (χ1n) is 3.80. The Morgan fingerprint density at radius 2 is 2.45 bits per heavy atom. The van der Waals surface area contributed by atoms with Gasteiger partial charge in [0.1, 0.15) is 0 Å². The van der Waals surface area contributed by atoms with Crippen molar-refractivity contribution < 1.29 is 0 Å². The van der Waals surface area contributed by atoms with Crippen molar-refractivity contribution >= 4 is 17.3 Å². The number of hydrogen-bond acceptors (Lipinski definition) is 3. The van der Waals surface area contributed by atoms with Crippen LogP contribution in [0.2, 0.25) is 0 Å². The van der Waals surface area contributed by atoms with Crippen molar-refractivity contribution in [3.63, 3.8) is 0 Å². The smallest absolute Gasteiger partial charge is 0.0586 e. The van der Waals surface area contributed by atoms with Gasteiger partial charge in [-0.1, -0.05) is 18.3 Å². The van der Waals surface area contributed by atoms with Gasteiger partial charge in [-0.25, -0.2) is 0 Å². The van der Waals surface area contributed by atoms with Gasteiger partial charge in [-0.2, -0.15) is 0 Å². The van der Waals surface area contributed by atoms with E-state index in [1.54, 1.807) is 11.8 Å². The molecule has 0 atom stereocenters. The highest BCUT2D eigenvalue weighted by atomic mass is 32.2. The molecule has 62 valence electrons. The van der Waals surface area contributed by atoms with Gasteiger partial charge in [0, 0.05) is 13.1 Å². The van der Waals surface area contributed by atoms with Gasteiger partial charge in [-0.3, -0.25) is 4.99 Å². The van der Waals surface area contributed by atoms with Crippen molar-refractivity contribution in [2.24, 2.45) is 4.99 Å². The van der Waals surface area contributed by atoms with E-state index < -0.39 is 0 Å².